The van der Waals surface area contributed by atoms with E-state index < -0.39 is 5.60 Å². The summed E-state index contributed by atoms with van der Waals surface area (Å²) in [5, 5.41) is 19.2. The Morgan fingerprint density at radius 2 is 2.06 bits per heavy atom. The Balaban J connectivity index is 2.37. The van der Waals surface area contributed by atoms with E-state index >= 15 is 0 Å². The molecule has 1 atom stereocenters. The molecule has 5 heteroatoms. The molecule has 1 rings (SSSR count). The van der Waals surface area contributed by atoms with Crippen molar-refractivity contribution >= 4 is 0 Å². The summed E-state index contributed by atoms with van der Waals surface area (Å²) in [6.07, 6.45) is 1.31. The summed E-state index contributed by atoms with van der Waals surface area (Å²) in [4.78, 5) is 10.3. The van der Waals surface area contributed by atoms with Gasteiger partial charge in [-0.3, -0.25) is 4.84 Å². The Bertz CT molecular complexity index is 284. The molecule has 1 unspecified atom stereocenters. The first kappa shape index (κ1) is 13.3. The largest absolute Gasteiger partial charge is 0.509 e. The summed E-state index contributed by atoms with van der Waals surface area (Å²) in [5.41, 5.74) is 1.09. The van der Waals surface area contributed by atoms with E-state index in [-0.39, 0.29) is 24.2 Å². The fraction of sp³-hybridized carbons (Fsp3) is 0.818. The topological polar surface area (TPSA) is 71.0 Å². The van der Waals surface area contributed by atoms with E-state index in [9.17, 15) is 10.2 Å². The number of hydrogen-bond donors (Lipinski definition) is 3. The summed E-state index contributed by atoms with van der Waals surface area (Å²) in [6, 6.07) is 0. The number of nitrogens with one attached hydrogen (secondary N) is 1. The van der Waals surface area contributed by atoms with Gasteiger partial charge >= 0.3 is 0 Å². The third-order valence-corrected chi connectivity index (χ3v) is 2.75. The van der Waals surface area contributed by atoms with Gasteiger partial charge in [0.25, 0.3) is 0 Å². The number of aliphatic hydroxyl groups is 2. The second kappa shape index (κ2) is 4.61. The van der Waals surface area contributed by atoms with E-state index in [1.807, 2.05) is 20.8 Å². The van der Waals surface area contributed by atoms with Gasteiger partial charge in [-0.1, -0.05) is 6.92 Å². The van der Waals surface area contributed by atoms with Gasteiger partial charge in [0.15, 0.2) is 5.76 Å². The molecule has 0 saturated heterocycles. The number of aliphatic hydroxyl groups excluding tert-OH is 1. The van der Waals surface area contributed by atoms with E-state index in [0.29, 0.717) is 5.76 Å². The van der Waals surface area contributed by atoms with Crippen molar-refractivity contribution < 1.29 is 19.9 Å². The van der Waals surface area contributed by atoms with Gasteiger partial charge in [0.05, 0.1) is 11.2 Å². The molecule has 0 saturated carbocycles. The molecule has 0 radical (unpaired) electrons. The highest BCUT2D eigenvalue weighted by Crippen LogP contribution is 2.33. The van der Waals surface area contributed by atoms with Crippen LogP contribution in [0.2, 0.25) is 0 Å². The summed E-state index contributed by atoms with van der Waals surface area (Å²) in [6.45, 7) is 7.49. The molecule has 0 bridgehead atoms. The molecule has 0 aromatic rings. The highest BCUT2D eigenvalue weighted by molar-refractivity contribution is 5.14. The van der Waals surface area contributed by atoms with Gasteiger partial charge in [0, 0.05) is 12.8 Å². The van der Waals surface area contributed by atoms with Crippen LogP contribution in [0.1, 0.15) is 47.0 Å². The zero-order chi connectivity index (χ0) is 12.4. The summed E-state index contributed by atoms with van der Waals surface area (Å²) < 4.78 is 0. The molecule has 0 aromatic carbocycles. The molecular weight excluding hydrogens is 210 g/mol. The molecule has 0 aromatic heterocycles. The minimum atomic E-state index is -0.929. The zero-order valence-corrected chi connectivity index (χ0v) is 10.3. The van der Waals surface area contributed by atoms with Crippen molar-refractivity contribution in [2.45, 2.75) is 58.2 Å². The lowest BCUT2D eigenvalue weighted by molar-refractivity contribution is -0.212. The van der Waals surface area contributed by atoms with Crippen molar-refractivity contribution in [1.29, 1.82) is 0 Å². The first-order valence-electron chi connectivity index (χ1n) is 5.49. The lowest BCUT2D eigenvalue weighted by Gasteiger charge is -2.23. The Labute approximate surface area is 96.0 Å². The van der Waals surface area contributed by atoms with Gasteiger partial charge in [0.1, 0.15) is 5.76 Å². The van der Waals surface area contributed by atoms with Gasteiger partial charge in [-0.15, -0.1) is 0 Å². The molecule has 3 N–H and O–H groups in total. The molecule has 0 amide bonds. The molecular formula is C11H21NO4. The number of hydrogen-bond acceptors (Lipinski definition) is 5. The highest BCUT2D eigenvalue weighted by atomic mass is 16.9. The summed E-state index contributed by atoms with van der Waals surface area (Å²) in [7, 11) is 0. The number of rotatable bonds is 5. The van der Waals surface area contributed by atoms with Crippen LogP contribution in [0, 0.1) is 0 Å². The first-order valence-corrected chi connectivity index (χ1v) is 5.49. The predicted molar refractivity (Wildman–Crippen MR) is 59.2 cm³/mol. The van der Waals surface area contributed by atoms with Crippen LogP contribution in [-0.4, -0.2) is 21.4 Å². The van der Waals surface area contributed by atoms with Crippen LogP contribution in [0.5, 0.6) is 0 Å². The fourth-order valence-corrected chi connectivity index (χ4v) is 1.32. The van der Waals surface area contributed by atoms with Crippen molar-refractivity contribution in [3.05, 3.63) is 11.5 Å². The van der Waals surface area contributed by atoms with Crippen LogP contribution in [0.4, 0.5) is 0 Å². The van der Waals surface area contributed by atoms with Crippen LogP contribution in [0.3, 0.4) is 0 Å². The van der Waals surface area contributed by atoms with Gasteiger partial charge < -0.3 is 15.1 Å². The highest BCUT2D eigenvalue weighted by Gasteiger charge is 2.34. The van der Waals surface area contributed by atoms with Crippen LogP contribution in [0.15, 0.2) is 11.5 Å². The van der Waals surface area contributed by atoms with Crippen molar-refractivity contribution in [1.82, 2.24) is 5.64 Å². The van der Waals surface area contributed by atoms with Gasteiger partial charge in [-0.25, -0.2) is 0 Å². The molecule has 0 spiro atoms. The standard InChI is InChI=1S/C11H21NO4/c1-5-10(2,3)16-12-15-9-7-11(4,14)6-8(9)13/h12-14H,5-7H2,1-4H3. The van der Waals surface area contributed by atoms with Gasteiger partial charge in [-0.2, -0.15) is 0 Å². The van der Waals surface area contributed by atoms with Crippen LogP contribution < -0.4 is 5.64 Å². The quantitative estimate of drug-likeness (QED) is 0.631. The predicted octanol–water partition coefficient (Wildman–Crippen LogP) is 1.94. The van der Waals surface area contributed by atoms with E-state index in [4.69, 9.17) is 9.68 Å². The van der Waals surface area contributed by atoms with E-state index in [1.54, 1.807) is 6.92 Å². The normalized spacial score (nSPS) is 26.3. The van der Waals surface area contributed by atoms with Gasteiger partial charge in [-0.05, 0) is 32.8 Å². The third-order valence-electron chi connectivity index (χ3n) is 2.75. The lowest BCUT2D eigenvalue weighted by atomic mass is 10.1. The molecule has 5 nitrogen and oxygen atoms in total. The Hall–Kier alpha value is -0.780. The molecule has 1 aliphatic rings. The van der Waals surface area contributed by atoms with E-state index in [1.165, 1.54) is 0 Å². The zero-order valence-electron chi connectivity index (χ0n) is 10.3. The van der Waals surface area contributed by atoms with Crippen molar-refractivity contribution in [2.75, 3.05) is 0 Å². The van der Waals surface area contributed by atoms with Crippen LogP contribution >= 0.6 is 0 Å². The fourth-order valence-electron chi connectivity index (χ4n) is 1.32. The van der Waals surface area contributed by atoms with Crippen molar-refractivity contribution in [3.63, 3.8) is 0 Å². The van der Waals surface area contributed by atoms with Crippen molar-refractivity contribution in [2.24, 2.45) is 0 Å². The monoisotopic (exact) mass is 231 g/mol. The van der Waals surface area contributed by atoms with E-state index in [2.05, 4.69) is 5.64 Å². The van der Waals surface area contributed by atoms with Gasteiger partial charge in [0.2, 0.25) is 0 Å². The maximum absolute atomic E-state index is 9.69. The molecule has 0 fully saturated rings. The second-order valence-corrected chi connectivity index (χ2v) is 5.12. The van der Waals surface area contributed by atoms with Crippen LogP contribution in [0.25, 0.3) is 0 Å². The molecule has 0 heterocycles. The lowest BCUT2D eigenvalue weighted by Crippen LogP contribution is -2.31. The smallest absolute Gasteiger partial charge is 0.167 e. The molecule has 16 heavy (non-hydrogen) atoms. The second-order valence-electron chi connectivity index (χ2n) is 5.12. The molecule has 94 valence electrons. The third kappa shape index (κ3) is 3.66. The maximum atomic E-state index is 9.69. The average Bonchev–Trinajstić information content (AvgIpc) is 2.39. The first-order chi connectivity index (χ1) is 7.26. The molecule has 0 aliphatic heterocycles. The van der Waals surface area contributed by atoms with Crippen LogP contribution in [-0.2, 0) is 9.68 Å². The Kier molecular flexibility index (Phi) is 3.83. The molecule has 1 aliphatic carbocycles. The SMILES string of the molecule is CCC(C)(C)ONOC1=C(O)CC(C)(O)C1. The Morgan fingerprint density at radius 3 is 2.50 bits per heavy atom. The van der Waals surface area contributed by atoms with Crippen molar-refractivity contribution in [3.8, 4) is 0 Å². The summed E-state index contributed by atoms with van der Waals surface area (Å²) >= 11 is 0. The minimum Gasteiger partial charge on any atom is -0.509 e. The maximum Gasteiger partial charge on any atom is 0.167 e. The average molecular weight is 231 g/mol. The summed E-state index contributed by atoms with van der Waals surface area (Å²) in [5.74, 6) is 0.396. The minimum absolute atomic E-state index is 0.0652. The van der Waals surface area contributed by atoms with E-state index in [0.717, 1.165) is 6.42 Å². The Morgan fingerprint density at radius 1 is 1.44 bits per heavy atom.